The van der Waals surface area contributed by atoms with Crippen LogP contribution >= 0.6 is 0 Å². The molecule has 7 nitrogen and oxygen atoms in total. The molecule has 3 heterocycles. The van der Waals surface area contributed by atoms with Crippen molar-refractivity contribution in [2.75, 3.05) is 5.32 Å². The lowest BCUT2D eigenvalue weighted by Gasteiger charge is -2.30. The maximum Gasteiger partial charge on any atom is 0.270 e. The first-order valence-electron chi connectivity index (χ1n) is 12.9. The van der Waals surface area contributed by atoms with Crippen molar-refractivity contribution in [2.24, 2.45) is 0 Å². The standard InChI is InChI=1S/C30H26F2N6O/c31-20-9-10-26-23(14-20)24(16-34-26)28-35-17-25(32)29(38-28)36-21-7-4-8-22(15-21)37-30(39)27-13-19(11-12-33-27)18-5-2-1-3-6-18/h1-3,5-6,9-14,16-17,21-22,34H,4,7-8,15H2,(H,37,39)(H,35,36,38)/t21-,22+/m1/s1. The van der Waals surface area contributed by atoms with E-state index in [1.165, 1.54) is 12.1 Å². The smallest absolute Gasteiger partial charge is 0.270 e. The molecule has 0 aliphatic heterocycles. The molecule has 1 aliphatic rings. The van der Waals surface area contributed by atoms with Gasteiger partial charge in [-0.1, -0.05) is 30.3 Å². The van der Waals surface area contributed by atoms with Gasteiger partial charge in [0.05, 0.1) is 6.20 Å². The maximum atomic E-state index is 14.7. The largest absolute Gasteiger partial charge is 0.365 e. The Morgan fingerprint density at radius 2 is 1.79 bits per heavy atom. The number of hydrogen-bond acceptors (Lipinski definition) is 5. The van der Waals surface area contributed by atoms with Crippen molar-refractivity contribution < 1.29 is 13.6 Å². The number of H-pyrrole nitrogens is 1. The second-order valence-electron chi connectivity index (χ2n) is 9.76. The van der Waals surface area contributed by atoms with Gasteiger partial charge in [0.15, 0.2) is 17.5 Å². The van der Waals surface area contributed by atoms with Crippen molar-refractivity contribution in [1.82, 2.24) is 25.3 Å². The summed E-state index contributed by atoms with van der Waals surface area (Å²) in [6.07, 6.45) is 7.55. The fourth-order valence-corrected chi connectivity index (χ4v) is 5.15. The zero-order valence-corrected chi connectivity index (χ0v) is 21.0. The Morgan fingerprint density at radius 1 is 0.949 bits per heavy atom. The highest BCUT2D eigenvalue weighted by atomic mass is 19.1. The molecule has 39 heavy (non-hydrogen) atoms. The van der Waals surface area contributed by atoms with Crippen molar-refractivity contribution >= 4 is 22.6 Å². The van der Waals surface area contributed by atoms with Gasteiger partial charge < -0.3 is 15.6 Å². The topological polar surface area (TPSA) is 95.6 Å². The van der Waals surface area contributed by atoms with Crippen LogP contribution in [0.15, 0.2) is 79.3 Å². The Kier molecular flexibility index (Phi) is 6.71. The first-order chi connectivity index (χ1) is 19.0. The van der Waals surface area contributed by atoms with Gasteiger partial charge in [-0.15, -0.1) is 0 Å². The van der Waals surface area contributed by atoms with E-state index >= 15 is 0 Å². The normalized spacial score (nSPS) is 17.2. The van der Waals surface area contributed by atoms with Crippen LogP contribution in [0, 0.1) is 11.6 Å². The van der Waals surface area contributed by atoms with Gasteiger partial charge in [0.1, 0.15) is 11.5 Å². The zero-order valence-electron chi connectivity index (χ0n) is 21.0. The number of aromatic nitrogens is 4. The number of carbonyl (C=O) groups is 1. The molecule has 2 aromatic carbocycles. The van der Waals surface area contributed by atoms with E-state index in [-0.39, 0.29) is 29.6 Å². The summed E-state index contributed by atoms with van der Waals surface area (Å²) in [5.74, 6) is -0.805. The SMILES string of the molecule is O=C(N[C@H]1CCC[C@@H](Nc2nc(-c3c[nH]c4ccc(F)cc34)ncc2F)C1)c1cc(-c2ccccc2)ccn1. The average Bonchev–Trinajstić information content (AvgIpc) is 3.38. The first-order valence-corrected chi connectivity index (χ1v) is 12.9. The van der Waals surface area contributed by atoms with Crippen LogP contribution in [0.1, 0.15) is 36.2 Å². The Labute approximate surface area is 223 Å². The molecule has 0 bridgehead atoms. The van der Waals surface area contributed by atoms with Crippen LogP contribution in [0.25, 0.3) is 33.4 Å². The Morgan fingerprint density at radius 3 is 2.67 bits per heavy atom. The third kappa shape index (κ3) is 5.34. The number of benzene rings is 2. The summed E-state index contributed by atoms with van der Waals surface area (Å²) in [5, 5.41) is 6.93. The van der Waals surface area contributed by atoms with Crippen LogP contribution in [0.3, 0.4) is 0 Å². The molecular weight excluding hydrogens is 498 g/mol. The second kappa shape index (κ2) is 10.6. The van der Waals surface area contributed by atoms with E-state index in [2.05, 4.69) is 30.6 Å². The molecule has 1 fully saturated rings. The molecule has 6 rings (SSSR count). The monoisotopic (exact) mass is 524 g/mol. The van der Waals surface area contributed by atoms with Crippen LogP contribution in [0.5, 0.6) is 0 Å². The van der Waals surface area contributed by atoms with Crippen LogP contribution in [0.2, 0.25) is 0 Å². The summed E-state index contributed by atoms with van der Waals surface area (Å²) in [5.41, 5.74) is 3.62. The van der Waals surface area contributed by atoms with Crippen LogP contribution in [-0.2, 0) is 0 Å². The predicted molar refractivity (Wildman–Crippen MR) is 146 cm³/mol. The third-order valence-electron chi connectivity index (χ3n) is 7.08. The van der Waals surface area contributed by atoms with E-state index in [0.29, 0.717) is 28.9 Å². The van der Waals surface area contributed by atoms with Gasteiger partial charge in [0.2, 0.25) is 0 Å². The number of nitrogens with zero attached hydrogens (tertiary/aromatic N) is 3. The van der Waals surface area contributed by atoms with Crippen LogP contribution < -0.4 is 10.6 Å². The third-order valence-corrected chi connectivity index (χ3v) is 7.08. The molecule has 0 saturated heterocycles. The van der Waals surface area contributed by atoms with Gasteiger partial charge in [-0.2, -0.15) is 0 Å². The predicted octanol–water partition coefficient (Wildman–Crippen LogP) is 6.12. The lowest BCUT2D eigenvalue weighted by Crippen LogP contribution is -2.42. The van der Waals surface area contributed by atoms with Gasteiger partial charge in [-0.05, 0) is 67.1 Å². The van der Waals surface area contributed by atoms with Crippen molar-refractivity contribution in [3.63, 3.8) is 0 Å². The van der Waals surface area contributed by atoms with Crippen LogP contribution in [0.4, 0.5) is 14.6 Å². The molecule has 0 radical (unpaired) electrons. The molecule has 196 valence electrons. The van der Waals surface area contributed by atoms with Crippen LogP contribution in [-0.4, -0.2) is 37.9 Å². The lowest BCUT2D eigenvalue weighted by atomic mass is 9.90. The zero-order chi connectivity index (χ0) is 26.8. The molecule has 1 saturated carbocycles. The highest BCUT2D eigenvalue weighted by Gasteiger charge is 2.25. The molecule has 9 heteroatoms. The minimum absolute atomic E-state index is 0.0833. The summed E-state index contributed by atoms with van der Waals surface area (Å²) in [6.45, 7) is 0. The van der Waals surface area contributed by atoms with Crippen molar-refractivity contribution in [3.05, 3.63) is 96.6 Å². The number of nitrogens with one attached hydrogen (secondary N) is 3. The highest BCUT2D eigenvalue weighted by molar-refractivity contribution is 5.94. The Balaban J connectivity index is 1.15. The number of aromatic amines is 1. The molecule has 3 aromatic heterocycles. The second-order valence-corrected chi connectivity index (χ2v) is 9.76. The number of fused-ring (bicyclic) bond motifs is 1. The summed E-state index contributed by atoms with van der Waals surface area (Å²) in [7, 11) is 0. The van der Waals surface area contributed by atoms with Gasteiger partial charge in [-0.25, -0.2) is 18.7 Å². The number of carbonyl (C=O) groups excluding carboxylic acids is 1. The Hall–Kier alpha value is -4.66. The summed E-state index contributed by atoms with van der Waals surface area (Å²) in [4.78, 5) is 28.9. The van der Waals surface area contributed by atoms with Gasteiger partial charge in [-0.3, -0.25) is 9.78 Å². The van der Waals surface area contributed by atoms with Crippen molar-refractivity contribution in [2.45, 2.75) is 37.8 Å². The average molecular weight is 525 g/mol. The molecule has 1 aliphatic carbocycles. The number of hydrogen-bond donors (Lipinski definition) is 3. The van der Waals surface area contributed by atoms with Crippen molar-refractivity contribution in [3.8, 4) is 22.5 Å². The summed E-state index contributed by atoms with van der Waals surface area (Å²) in [6, 6.07) is 17.7. The van der Waals surface area contributed by atoms with E-state index in [1.54, 1.807) is 24.5 Å². The molecule has 2 atom stereocenters. The highest BCUT2D eigenvalue weighted by Crippen LogP contribution is 2.29. The molecular formula is C30H26F2N6O. The first kappa shape index (κ1) is 24.7. The fourth-order valence-electron chi connectivity index (χ4n) is 5.15. The van der Waals surface area contributed by atoms with Gasteiger partial charge >= 0.3 is 0 Å². The van der Waals surface area contributed by atoms with Gasteiger partial charge in [0, 0.05) is 40.9 Å². The van der Waals surface area contributed by atoms with E-state index in [4.69, 9.17) is 0 Å². The minimum atomic E-state index is -0.571. The molecule has 0 spiro atoms. The van der Waals surface area contributed by atoms with Crippen molar-refractivity contribution in [1.29, 1.82) is 0 Å². The van der Waals surface area contributed by atoms with E-state index in [9.17, 15) is 13.6 Å². The molecule has 0 unspecified atom stereocenters. The number of halogens is 2. The number of amides is 1. The number of anilines is 1. The number of pyridine rings is 1. The lowest BCUT2D eigenvalue weighted by molar-refractivity contribution is 0.0921. The molecule has 3 N–H and O–H groups in total. The maximum absolute atomic E-state index is 14.7. The van der Waals surface area contributed by atoms with E-state index in [1.807, 2.05) is 36.4 Å². The Bertz CT molecular complexity index is 1640. The quantitative estimate of drug-likeness (QED) is 0.249. The number of rotatable bonds is 6. The molecule has 5 aromatic rings. The van der Waals surface area contributed by atoms with Gasteiger partial charge in [0.25, 0.3) is 5.91 Å². The van der Waals surface area contributed by atoms with E-state index < -0.39 is 5.82 Å². The summed E-state index contributed by atoms with van der Waals surface area (Å²) < 4.78 is 28.6. The molecule has 1 amide bonds. The summed E-state index contributed by atoms with van der Waals surface area (Å²) >= 11 is 0. The minimum Gasteiger partial charge on any atom is -0.365 e. The van der Waals surface area contributed by atoms with E-state index in [0.717, 1.165) is 42.1 Å². The fraction of sp³-hybridized carbons (Fsp3) is 0.200.